The standard InChI is InChI=1S/C12H15F2NO/c1-8(15)12(6-7-12)9-2-4-10(5-3-9)16-11(13)14/h2-5,8,11H,6-7,15H2,1H3. The molecule has 0 heterocycles. The largest absolute Gasteiger partial charge is 0.435 e. The quantitative estimate of drug-likeness (QED) is 0.858. The second kappa shape index (κ2) is 4.01. The van der Waals surface area contributed by atoms with Crippen molar-refractivity contribution in [3.05, 3.63) is 29.8 Å². The highest BCUT2D eigenvalue weighted by atomic mass is 19.3. The van der Waals surface area contributed by atoms with Crippen molar-refractivity contribution < 1.29 is 13.5 Å². The molecule has 16 heavy (non-hydrogen) atoms. The van der Waals surface area contributed by atoms with Crippen molar-refractivity contribution in [3.8, 4) is 5.75 Å². The van der Waals surface area contributed by atoms with E-state index in [2.05, 4.69) is 4.74 Å². The van der Waals surface area contributed by atoms with Gasteiger partial charge in [-0.2, -0.15) is 8.78 Å². The Bertz CT molecular complexity index is 358. The maximum atomic E-state index is 12.0. The number of alkyl halides is 2. The van der Waals surface area contributed by atoms with Crippen molar-refractivity contribution in [2.24, 2.45) is 5.73 Å². The SMILES string of the molecule is CC(N)C1(c2ccc(OC(F)F)cc2)CC1. The number of nitrogens with two attached hydrogens (primary N) is 1. The molecule has 1 fully saturated rings. The summed E-state index contributed by atoms with van der Waals surface area (Å²) in [6.07, 6.45) is 2.14. The monoisotopic (exact) mass is 227 g/mol. The van der Waals surface area contributed by atoms with E-state index < -0.39 is 6.61 Å². The van der Waals surface area contributed by atoms with E-state index >= 15 is 0 Å². The molecule has 1 aromatic carbocycles. The lowest BCUT2D eigenvalue weighted by atomic mass is 9.89. The third-order valence-electron chi connectivity index (χ3n) is 3.31. The average Bonchev–Trinajstić information content (AvgIpc) is 2.98. The number of hydrogen-bond acceptors (Lipinski definition) is 2. The van der Waals surface area contributed by atoms with Gasteiger partial charge in [0.15, 0.2) is 0 Å². The molecule has 2 rings (SSSR count). The molecule has 2 nitrogen and oxygen atoms in total. The van der Waals surface area contributed by atoms with Crippen LogP contribution in [0.4, 0.5) is 8.78 Å². The molecular weight excluding hydrogens is 212 g/mol. The maximum absolute atomic E-state index is 12.0. The fourth-order valence-electron chi connectivity index (χ4n) is 2.11. The van der Waals surface area contributed by atoms with Crippen LogP contribution in [-0.4, -0.2) is 12.7 Å². The van der Waals surface area contributed by atoms with Crippen LogP contribution in [-0.2, 0) is 5.41 Å². The van der Waals surface area contributed by atoms with E-state index in [0.29, 0.717) is 0 Å². The number of hydrogen-bond donors (Lipinski definition) is 1. The first-order valence-corrected chi connectivity index (χ1v) is 5.35. The Morgan fingerprint density at radius 1 is 1.25 bits per heavy atom. The summed E-state index contributed by atoms with van der Waals surface area (Å²) < 4.78 is 28.2. The van der Waals surface area contributed by atoms with Gasteiger partial charge in [0.25, 0.3) is 0 Å². The van der Waals surface area contributed by atoms with Crippen molar-refractivity contribution in [2.45, 2.75) is 37.8 Å². The van der Waals surface area contributed by atoms with Gasteiger partial charge in [-0.3, -0.25) is 0 Å². The number of rotatable bonds is 4. The Morgan fingerprint density at radius 3 is 2.19 bits per heavy atom. The van der Waals surface area contributed by atoms with E-state index in [1.807, 2.05) is 19.1 Å². The molecule has 0 aliphatic heterocycles. The first-order chi connectivity index (χ1) is 7.54. The lowest BCUT2D eigenvalue weighted by Gasteiger charge is -2.20. The molecule has 1 saturated carbocycles. The normalized spacial score (nSPS) is 19.6. The summed E-state index contributed by atoms with van der Waals surface area (Å²) in [7, 11) is 0. The maximum Gasteiger partial charge on any atom is 0.387 e. The highest BCUT2D eigenvalue weighted by molar-refractivity contribution is 5.37. The first-order valence-electron chi connectivity index (χ1n) is 5.35. The smallest absolute Gasteiger partial charge is 0.387 e. The molecule has 1 unspecified atom stereocenters. The zero-order valence-corrected chi connectivity index (χ0v) is 9.12. The average molecular weight is 227 g/mol. The molecule has 0 radical (unpaired) electrons. The van der Waals surface area contributed by atoms with E-state index in [-0.39, 0.29) is 17.2 Å². The highest BCUT2D eigenvalue weighted by Gasteiger charge is 2.47. The van der Waals surface area contributed by atoms with Gasteiger partial charge in [0.05, 0.1) is 0 Å². The summed E-state index contributed by atoms with van der Waals surface area (Å²) in [6.45, 7) is -0.787. The topological polar surface area (TPSA) is 35.2 Å². The van der Waals surface area contributed by atoms with E-state index in [4.69, 9.17) is 5.73 Å². The van der Waals surface area contributed by atoms with Gasteiger partial charge in [-0.15, -0.1) is 0 Å². The lowest BCUT2D eigenvalue weighted by Crippen LogP contribution is -2.31. The Balaban J connectivity index is 2.14. The van der Waals surface area contributed by atoms with Crippen LogP contribution in [0, 0.1) is 0 Å². The van der Waals surface area contributed by atoms with Crippen molar-refractivity contribution in [1.29, 1.82) is 0 Å². The van der Waals surface area contributed by atoms with Gasteiger partial charge in [0, 0.05) is 11.5 Å². The van der Waals surface area contributed by atoms with Gasteiger partial charge in [0.1, 0.15) is 5.75 Å². The Kier molecular flexibility index (Phi) is 2.84. The molecule has 1 aliphatic carbocycles. The van der Waals surface area contributed by atoms with Crippen molar-refractivity contribution in [1.82, 2.24) is 0 Å². The van der Waals surface area contributed by atoms with Crippen molar-refractivity contribution in [3.63, 3.8) is 0 Å². The minimum absolute atomic E-state index is 0.0589. The van der Waals surface area contributed by atoms with Gasteiger partial charge in [-0.05, 0) is 37.5 Å². The molecule has 4 heteroatoms. The Hall–Kier alpha value is -1.16. The van der Waals surface area contributed by atoms with Gasteiger partial charge >= 0.3 is 6.61 Å². The van der Waals surface area contributed by atoms with Crippen LogP contribution >= 0.6 is 0 Å². The molecule has 1 aromatic rings. The third-order valence-corrected chi connectivity index (χ3v) is 3.31. The zero-order chi connectivity index (χ0) is 11.8. The second-order valence-corrected chi connectivity index (χ2v) is 4.35. The van der Waals surface area contributed by atoms with E-state index in [1.165, 1.54) is 0 Å². The van der Waals surface area contributed by atoms with Gasteiger partial charge in [-0.25, -0.2) is 0 Å². The summed E-state index contributed by atoms with van der Waals surface area (Å²) in [5, 5.41) is 0. The molecule has 2 N–H and O–H groups in total. The number of benzene rings is 1. The summed E-state index contributed by atoms with van der Waals surface area (Å²) in [4.78, 5) is 0. The van der Waals surface area contributed by atoms with Crippen molar-refractivity contribution in [2.75, 3.05) is 0 Å². The molecule has 0 aromatic heterocycles. The van der Waals surface area contributed by atoms with Crippen LogP contribution in [0.15, 0.2) is 24.3 Å². The molecule has 1 atom stereocenters. The van der Waals surface area contributed by atoms with E-state index in [1.54, 1.807) is 12.1 Å². The molecule has 0 spiro atoms. The Labute approximate surface area is 93.4 Å². The summed E-state index contributed by atoms with van der Waals surface area (Å²) in [5.41, 5.74) is 7.11. The second-order valence-electron chi connectivity index (χ2n) is 4.35. The van der Waals surface area contributed by atoms with Crippen LogP contribution in [0.3, 0.4) is 0 Å². The highest BCUT2D eigenvalue weighted by Crippen LogP contribution is 2.50. The summed E-state index contributed by atoms with van der Waals surface area (Å²) >= 11 is 0. The van der Waals surface area contributed by atoms with E-state index in [0.717, 1.165) is 18.4 Å². The molecule has 0 bridgehead atoms. The van der Waals surface area contributed by atoms with Crippen molar-refractivity contribution >= 4 is 0 Å². The molecule has 88 valence electrons. The minimum Gasteiger partial charge on any atom is -0.435 e. The fraction of sp³-hybridized carbons (Fsp3) is 0.500. The van der Waals surface area contributed by atoms with Crippen LogP contribution in [0.2, 0.25) is 0 Å². The number of ether oxygens (including phenoxy) is 1. The van der Waals surface area contributed by atoms with Gasteiger partial charge < -0.3 is 10.5 Å². The van der Waals surface area contributed by atoms with Gasteiger partial charge in [0.2, 0.25) is 0 Å². The molecular formula is C12H15F2NO. The summed E-state index contributed by atoms with van der Waals surface area (Å²) in [6, 6.07) is 6.89. The lowest BCUT2D eigenvalue weighted by molar-refractivity contribution is -0.0498. The van der Waals surface area contributed by atoms with E-state index in [9.17, 15) is 8.78 Å². The third kappa shape index (κ3) is 2.02. The summed E-state index contributed by atoms with van der Waals surface area (Å²) in [5.74, 6) is 0.194. The predicted octanol–water partition coefficient (Wildman–Crippen LogP) is 2.67. The molecule has 0 amide bonds. The van der Waals surface area contributed by atoms with Crippen LogP contribution in [0.1, 0.15) is 25.3 Å². The Morgan fingerprint density at radius 2 is 1.81 bits per heavy atom. The van der Waals surface area contributed by atoms with Crippen LogP contribution in [0.25, 0.3) is 0 Å². The molecule has 0 saturated heterocycles. The predicted molar refractivity (Wildman–Crippen MR) is 57.6 cm³/mol. The first kappa shape index (κ1) is 11.3. The van der Waals surface area contributed by atoms with Crippen LogP contribution < -0.4 is 10.5 Å². The minimum atomic E-state index is -2.77. The fourth-order valence-corrected chi connectivity index (χ4v) is 2.11. The van der Waals surface area contributed by atoms with Crippen LogP contribution in [0.5, 0.6) is 5.75 Å². The number of halogens is 2. The molecule has 1 aliphatic rings. The zero-order valence-electron chi connectivity index (χ0n) is 9.12. The van der Waals surface area contributed by atoms with Gasteiger partial charge in [-0.1, -0.05) is 12.1 Å².